The summed E-state index contributed by atoms with van der Waals surface area (Å²) in [6.07, 6.45) is 1.04. The van der Waals surface area contributed by atoms with Crippen molar-refractivity contribution in [2.24, 2.45) is 0 Å². The summed E-state index contributed by atoms with van der Waals surface area (Å²) in [6, 6.07) is 11.8. The second-order valence-electron chi connectivity index (χ2n) is 8.90. The van der Waals surface area contributed by atoms with Crippen LogP contribution in [0.5, 0.6) is 0 Å². The predicted octanol–water partition coefficient (Wildman–Crippen LogP) is 4.43. The summed E-state index contributed by atoms with van der Waals surface area (Å²) in [5.74, 6) is -0.209. The average molecular weight is 590 g/mol. The molecule has 3 N–H and O–H groups in total. The van der Waals surface area contributed by atoms with E-state index in [0.717, 1.165) is 17.3 Å². The molecule has 2 heterocycles. The first-order valence-corrected chi connectivity index (χ1v) is 15.0. The van der Waals surface area contributed by atoms with Crippen LogP contribution >= 0.6 is 19.4 Å². The van der Waals surface area contributed by atoms with Gasteiger partial charge in [-0.15, -0.1) is 0 Å². The van der Waals surface area contributed by atoms with E-state index < -0.39 is 19.0 Å². The van der Waals surface area contributed by atoms with Crippen LogP contribution in [0.1, 0.15) is 27.0 Å². The maximum atomic E-state index is 14.0. The Kier molecular flexibility index (Phi) is 9.88. The number of carbonyl (C=O) groups excluding carboxylic acids is 1. The second-order valence-corrected chi connectivity index (χ2v) is 12.0. The molecule has 0 radical (unpaired) electrons. The Balaban J connectivity index is 1.34. The van der Waals surface area contributed by atoms with Gasteiger partial charge in [0.2, 0.25) is 11.1 Å². The lowest BCUT2D eigenvalue weighted by Crippen LogP contribution is -2.13. The third-order valence-electron chi connectivity index (χ3n) is 5.77. The number of rotatable bonds is 13. The van der Waals surface area contributed by atoms with E-state index in [4.69, 9.17) is 19.5 Å². The summed E-state index contributed by atoms with van der Waals surface area (Å²) in [4.78, 5) is 34.9. The fourth-order valence-corrected chi connectivity index (χ4v) is 5.64. The maximum Gasteiger partial charge on any atom is 0.356 e. The Morgan fingerprint density at radius 3 is 2.67 bits per heavy atom. The number of halogens is 1. The smallest absolute Gasteiger partial charge is 0.356 e. The van der Waals surface area contributed by atoms with Crippen LogP contribution in [0.2, 0.25) is 0 Å². The van der Waals surface area contributed by atoms with Gasteiger partial charge in [-0.1, -0.05) is 53.7 Å². The molecule has 4 rings (SSSR count). The van der Waals surface area contributed by atoms with Gasteiger partial charge in [-0.2, -0.15) is 4.98 Å². The zero-order valence-corrected chi connectivity index (χ0v) is 23.7. The molecule has 2 aromatic heterocycles. The molecule has 0 aliphatic heterocycles. The van der Waals surface area contributed by atoms with Gasteiger partial charge in [0, 0.05) is 17.9 Å². The third kappa shape index (κ3) is 7.86. The molecule has 212 valence electrons. The minimum atomic E-state index is -3.81. The standard InChI is InChI=1S/C26H29FN5O6PS/c1-17-3-7-20(8-4-17)25(34)40-12-11-37-39(35,38-14-19-6-5-18(2)21(27)13-19)16-36-10-9-32-15-29-22-23(32)30-26(28)31-24(22)33/h3-8,13,15H,9-12,14,16H2,1-2H3,(H3,28,30,31,33). The summed E-state index contributed by atoms with van der Waals surface area (Å²) < 4.78 is 45.9. The Labute approximate surface area is 233 Å². The number of carbonyl (C=O) groups is 1. The molecule has 1 atom stereocenters. The van der Waals surface area contributed by atoms with Crippen LogP contribution in [-0.2, 0) is 31.5 Å². The van der Waals surface area contributed by atoms with Crippen molar-refractivity contribution in [3.05, 3.63) is 87.2 Å². The molecular formula is C26H29FN5O6PS. The van der Waals surface area contributed by atoms with Gasteiger partial charge in [0.15, 0.2) is 11.2 Å². The van der Waals surface area contributed by atoms with Crippen LogP contribution in [0.3, 0.4) is 0 Å². The van der Waals surface area contributed by atoms with Crippen molar-refractivity contribution in [1.82, 2.24) is 19.5 Å². The van der Waals surface area contributed by atoms with Crippen molar-refractivity contribution in [1.29, 1.82) is 0 Å². The third-order valence-corrected chi connectivity index (χ3v) is 8.24. The Hall–Kier alpha value is -3.35. The highest BCUT2D eigenvalue weighted by molar-refractivity contribution is 8.14. The van der Waals surface area contributed by atoms with E-state index in [9.17, 15) is 18.5 Å². The lowest BCUT2D eigenvalue weighted by Gasteiger charge is -2.19. The number of nitrogens with zero attached hydrogens (tertiary/aromatic N) is 3. The fourth-order valence-electron chi connectivity index (χ4n) is 3.57. The topological polar surface area (TPSA) is 151 Å². The molecule has 0 aliphatic rings. The summed E-state index contributed by atoms with van der Waals surface area (Å²) in [5, 5.41) is -0.133. The average Bonchev–Trinajstić information content (AvgIpc) is 3.33. The molecule has 2 aromatic carbocycles. The van der Waals surface area contributed by atoms with E-state index in [1.54, 1.807) is 35.8 Å². The number of ether oxygens (including phenoxy) is 1. The number of H-pyrrole nitrogens is 1. The van der Waals surface area contributed by atoms with Gasteiger partial charge in [-0.25, -0.2) is 9.37 Å². The van der Waals surface area contributed by atoms with Gasteiger partial charge in [0.25, 0.3) is 5.56 Å². The molecule has 40 heavy (non-hydrogen) atoms. The van der Waals surface area contributed by atoms with E-state index in [1.165, 1.54) is 12.4 Å². The minimum absolute atomic E-state index is 0.0384. The first-order valence-electron chi connectivity index (χ1n) is 12.3. The molecule has 1 unspecified atom stereocenters. The molecule has 14 heteroatoms. The maximum absolute atomic E-state index is 14.0. The number of aromatic amines is 1. The van der Waals surface area contributed by atoms with Crippen LogP contribution in [0.4, 0.5) is 10.3 Å². The summed E-state index contributed by atoms with van der Waals surface area (Å²) in [7, 11) is -3.81. The van der Waals surface area contributed by atoms with Crippen molar-refractivity contribution < 1.29 is 27.5 Å². The summed E-state index contributed by atoms with van der Waals surface area (Å²) in [6.45, 7) is 3.67. The van der Waals surface area contributed by atoms with Crippen molar-refractivity contribution in [2.45, 2.75) is 27.0 Å². The van der Waals surface area contributed by atoms with E-state index in [2.05, 4.69) is 15.0 Å². The number of aromatic nitrogens is 4. The number of anilines is 1. The zero-order chi connectivity index (χ0) is 28.7. The summed E-state index contributed by atoms with van der Waals surface area (Å²) in [5.41, 5.74) is 8.16. The van der Waals surface area contributed by atoms with E-state index in [0.29, 0.717) is 16.7 Å². The lowest BCUT2D eigenvalue weighted by atomic mass is 10.1. The number of imidazole rings is 1. The van der Waals surface area contributed by atoms with Gasteiger partial charge >= 0.3 is 7.60 Å². The predicted molar refractivity (Wildman–Crippen MR) is 151 cm³/mol. The number of thioether (sulfide) groups is 1. The van der Waals surface area contributed by atoms with Gasteiger partial charge in [-0.05, 0) is 31.0 Å². The monoisotopic (exact) mass is 589 g/mol. The number of hydrogen-bond donors (Lipinski definition) is 2. The SMILES string of the molecule is Cc1ccc(C(=O)SCCOP(=O)(COCCn2cnc3c(=O)[nH]c(N)nc32)OCc2ccc(C)c(F)c2)cc1. The molecule has 0 fully saturated rings. The van der Waals surface area contributed by atoms with E-state index >= 15 is 0 Å². The molecular weight excluding hydrogens is 560 g/mol. The Morgan fingerprint density at radius 1 is 1.15 bits per heavy atom. The Morgan fingerprint density at radius 2 is 1.93 bits per heavy atom. The number of nitrogen functional groups attached to an aromatic ring is 1. The number of nitrogens with two attached hydrogens (primary N) is 1. The highest BCUT2D eigenvalue weighted by atomic mass is 32.2. The fraction of sp³-hybridized carbons (Fsp3) is 0.308. The van der Waals surface area contributed by atoms with Crippen molar-refractivity contribution in [3.8, 4) is 0 Å². The van der Waals surface area contributed by atoms with Crippen molar-refractivity contribution in [2.75, 3.05) is 31.0 Å². The quantitative estimate of drug-likeness (QED) is 0.169. The van der Waals surface area contributed by atoms with Crippen LogP contribution < -0.4 is 11.3 Å². The van der Waals surface area contributed by atoms with Crippen molar-refractivity contribution >= 4 is 41.6 Å². The van der Waals surface area contributed by atoms with Gasteiger partial charge in [-0.3, -0.25) is 19.1 Å². The van der Waals surface area contributed by atoms with Crippen LogP contribution in [-0.4, -0.2) is 49.9 Å². The molecule has 11 nitrogen and oxygen atoms in total. The highest BCUT2D eigenvalue weighted by Crippen LogP contribution is 2.49. The Bertz CT molecular complexity index is 1590. The number of benzene rings is 2. The molecule has 0 saturated heterocycles. The second kappa shape index (κ2) is 13.3. The highest BCUT2D eigenvalue weighted by Gasteiger charge is 2.26. The van der Waals surface area contributed by atoms with Crippen molar-refractivity contribution in [3.63, 3.8) is 0 Å². The number of fused-ring (bicyclic) bond motifs is 1. The van der Waals surface area contributed by atoms with Crippen LogP contribution in [0, 0.1) is 19.7 Å². The van der Waals surface area contributed by atoms with E-state index in [1.807, 2.05) is 19.1 Å². The minimum Gasteiger partial charge on any atom is -0.369 e. The normalized spacial score (nSPS) is 13.0. The van der Waals surface area contributed by atoms with Gasteiger partial charge < -0.3 is 24.1 Å². The number of aryl methyl sites for hydroxylation is 2. The molecule has 0 amide bonds. The zero-order valence-electron chi connectivity index (χ0n) is 22.0. The molecule has 0 aliphatic carbocycles. The molecule has 0 bridgehead atoms. The lowest BCUT2D eigenvalue weighted by molar-refractivity contribution is 0.108. The van der Waals surface area contributed by atoms with Crippen LogP contribution in [0.15, 0.2) is 53.6 Å². The summed E-state index contributed by atoms with van der Waals surface area (Å²) >= 11 is 1.04. The molecule has 0 saturated carbocycles. The largest absolute Gasteiger partial charge is 0.369 e. The first-order chi connectivity index (χ1) is 19.1. The number of hydrogen-bond acceptors (Lipinski definition) is 10. The molecule has 4 aromatic rings. The first kappa shape index (κ1) is 29.6. The molecule has 0 spiro atoms. The van der Waals surface area contributed by atoms with E-state index in [-0.39, 0.29) is 60.7 Å². The van der Waals surface area contributed by atoms with Crippen LogP contribution in [0.25, 0.3) is 11.2 Å². The van der Waals surface area contributed by atoms with Gasteiger partial charge in [0.1, 0.15) is 12.2 Å². The van der Waals surface area contributed by atoms with Gasteiger partial charge in [0.05, 0.1) is 26.1 Å². The number of nitrogens with one attached hydrogen (secondary N) is 1.